The minimum Gasteiger partial charge on any atom is -0.395 e. The summed E-state index contributed by atoms with van der Waals surface area (Å²) in [5.74, 6) is -0.154. The fraction of sp³-hybridized carbons (Fsp3) is 0.611. The average Bonchev–Trinajstić information content (AvgIpc) is 3.31. The van der Waals surface area contributed by atoms with Crippen LogP contribution in [0.15, 0.2) is 21.9 Å². The van der Waals surface area contributed by atoms with E-state index >= 15 is 0 Å². The van der Waals surface area contributed by atoms with Crippen molar-refractivity contribution in [2.75, 3.05) is 50.8 Å². The molecule has 1 fully saturated rings. The van der Waals surface area contributed by atoms with Gasteiger partial charge in [0.25, 0.3) is 0 Å². The van der Waals surface area contributed by atoms with Crippen LogP contribution < -0.4 is 20.5 Å². The Morgan fingerprint density at radius 1 is 1.26 bits per heavy atom. The average molecular weight is 534 g/mol. The van der Waals surface area contributed by atoms with E-state index in [2.05, 4.69) is 30.2 Å². The number of nitrogens with one attached hydrogen (secondary N) is 2. The smallest absolute Gasteiger partial charge is 0.242 e. The summed E-state index contributed by atoms with van der Waals surface area (Å²) in [6.45, 7) is 5.23. The van der Waals surface area contributed by atoms with Gasteiger partial charge >= 0.3 is 0 Å². The number of H-pyrrole nitrogens is 1. The third-order valence-electron chi connectivity index (χ3n) is 5.81. The number of aromatic amines is 1. The van der Waals surface area contributed by atoms with Gasteiger partial charge in [-0.2, -0.15) is 5.21 Å². The molecule has 3 rings (SSSR count). The quantitative estimate of drug-likeness (QED) is 0.179. The minimum absolute atomic E-state index is 0.00842. The fourth-order valence-electron chi connectivity index (χ4n) is 4.09. The van der Waals surface area contributed by atoms with Gasteiger partial charge in [0, 0.05) is 50.5 Å². The van der Waals surface area contributed by atoms with Crippen LogP contribution >= 0.6 is 0 Å². The molecule has 1 unspecified atom stereocenters. The summed E-state index contributed by atoms with van der Waals surface area (Å²) < 4.78 is 53.8. The van der Waals surface area contributed by atoms with Crippen LogP contribution in [0.1, 0.15) is 13.8 Å². The molecular weight excluding hydrogens is 502 g/mol. The zero-order valence-electron chi connectivity index (χ0n) is 19.4. The number of hydrogen-bond acceptors (Lipinski definition) is 12. The van der Waals surface area contributed by atoms with Gasteiger partial charge in [0.15, 0.2) is 0 Å². The van der Waals surface area contributed by atoms with E-state index in [0.29, 0.717) is 31.9 Å². The summed E-state index contributed by atoms with van der Waals surface area (Å²) in [7, 11) is -9.07. The largest absolute Gasteiger partial charge is 0.395 e. The van der Waals surface area contributed by atoms with Crippen molar-refractivity contribution in [3.8, 4) is 11.4 Å². The van der Waals surface area contributed by atoms with E-state index in [0.717, 1.165) is 6.07 Å². The third-order valence-corrected chi connectivity index (χ3v) is 8.40. The Morgan fingerprint density at radius 2 is 1.97 bits per heavy atom. The number of aromatic nitrogens is 4. The Morgan fingerprint density at radius 3 is 2.51 bits per heavy atom. The molecule has 2 aromatic rings. The van der Waals surface area contributed by atoms with Crippen LogP contribution in [0, 0.1) is 0 Å². The minimum atomic E-state index is -4.62. The number of anilines is 1. The summed E-state index contributed by atoms with van der Waals surface area (Å²) in [4.78, 5) is 2.67. The number of benzene rings is 1. The van der Waals surface area contributed by atoms with E-state index in [1.165, 1.54) is 6.07 Å². The van der Waals surface area contributed by atoms with Crippen LogP contribution in [0.3, 0.4) is 0 Å². The van der Waals surface area contributed by atoms with Crippen LogP contribution in [0.5, 0.6) is 0 Å². The first kappa shape index (κ1) is 27.3. The first-order valence-electron chi connectivity index (χ1n) is 10.7. The highest BCUT2D eigenvalue weighted by Gasteiger charge is 2.37. The van der Waals surface area contributed by atoms with Gasteiger partial charge in [-0.3, -0.25) is 4.90 Å². The molecule has 15 nitrogen and oxygen atoms in total. The summed E-state index contributed by atoms with van der Waals surface area (Å²) >= 11 is 0. The van der Waals surface area contributed by atoms with Gasteiger partial charge in [0.2, 0.25) is 25.9 Å². The number of nitrogens with zero attached hydrogens (tertiary/aromatic N) is 5. The van der Waals surface area contributed by atoms with Crippen LogP contribution in [0.4, 0.5) is 5.69 Å². The van der Waals surface area contributed by atoms with Gasteiger partial charge in [-0.25, -0.2) is 26.7 Å². The van der Waals surface area contributed by atoms with Crippen molar-refractivity contribution < 1.29 is 27.0 Å². The highest BCUT2D eigenvalue weighted by atomic mass is 32.2. The number of sulfonamides is 2. The normalized spacial score (nSPS) is 18.1. The van der Waals surface area contributed by atoms with Gasteiger partial charge in [0.1, 0.15) is 9.79 Å². The maximum atomic E-state index is 13.1. The Labute approximate surface area is 203 Å². The van der Waals surface area contributed by atoms with E-state index < -0.39 is 48.0 Å². The molecule has 0 aliphatic carbocycles. The molecule has 8 N–H and O–H groups in total. The summed E-state index contributed by atoms with van der Waals surface area (Å²) in [6.07, 6.45) is -1.17. The molecule has 35 heavy (non-hydrogen) atoms. The molecule has 0 bridgehead atoms. The molecular formula is C18H31N9O6S2. The molecule has 1 aromatic heterocycles. The number of aliphatic hydroxyl groups is 2. The van der Waals surface area contributed by atoms with E-state index in [9.17, 15) is 27.0 Å². The summed E-state index contributed by atoms with van der Waals surface area (Å²) in [6, 6.07) is 2.61. The van der Waals surface area contributed by atoms with E-state index in [-0.39, 0.29) is 24.5 Å². The monoisotopic (exact) mass is 533 g/mol. The standard InChI is InChI=1S/C18H31N9O6S2/c1-18(2)11-26(5-6-27(18)7-8-28)13-3-4-14(35(32,33)21-10-12(29)9-19)16(34(20,30)31)15(13)17-22-24-25-23-17/h3-4,12,21,28-29H,5-11,19H2,1-2H3,(H2,20,30,31)(H,22,23,24,25). The Bertz CT molecular complexity index is 1240. The van der Waals surface area contributed by atoms with E-state index in [1.54, 1.807) is 0 Å². The number of rotatable bonds is 10. The lowest BCUT2D eigenvalue weighted by Crippen LogP contribution is -2.60. The van der Waals surface area contributed by atoms with Gasteiger partial charge in [-0.15, -0.1) is 10.2 Å². The first-order valence-corrected chi connectivity index (χ1v) is 13.8. The Kier molecular flexibility index (Phi) is 8.12. The number of β-amino-alcohol motifs (C(OH)–C–C–N with tert-alkyl or cyclic N) is 1. The second-order valence-electron chi connectivity index (χ2n) is 8.75. The molecule has 0 spiro atoms. The maximum Gasteiger partial charge on any atom is 0.242 e. The first-order chi connectivity index (χ1) is 16.3. The predicted octanol–water partition coefficient (Wildman–Crippen LogP) is -3.00. The number of hydrogen-bond donors (Lipinski definition) is 6. The van der Waals surface area contributed by atoms with Crippen LogP contribution in [0.2, 0.25) is 0 Å². The Balaban J connectivity index is 2.19. The van der Waals surface area contributed by atoms with Crippen molar-refractivity contribution in [2.45, 2.75) is 35.3 Å². The van der Waals surface area contributed by atoms with Crippen molar-refractivity contribution in [1.82, 2.24) is 30.2 Å². The molecule has 196 valence electrons. The summed E-state index contributed by atoms with van der Waals surface area (Å²) in [5.41, 5.74) is 5.17. The van der Waals surface area contributed by atoms with E-state index in [4.69, 9.17) is 10.9 Å². The van der Waals surface area contributed by atoms with Crippen LogP contribution in [0.25, 0.3) is 11.4 Å². The number of nitrogens with two attached hydrogens (primary N) is 2. The maximum absolute atomic E-state index is 13.1. The lowest BCUT2D eigenvalue weighted by atomic mass is 9.97. The van der Waals surface area contributed by atoms with Gasteiger partial charge < -0.3 is 20.8 Å². The topological polar surface area (TPSA) is 234 Å². The number of piperazine rings is 1. The molecule has 1 atom stereocenters. The molecule has 0 radical (unpaired) electrons. The molecule has 1 aliphatic heterocycles. The number of aliphatic hydroxyl groups excluding tert-OH is 2. The highest BCUT2D eigenvalue weighted by molar-refractivity contribution is 7.92. The predicted molar refractivity (Wildman–Crippen MR) is 126 cm³/mol. The fourth-order valence-corrected chi connectivity index (χ4v) is 6.76. The number of tetrazole rings is 1. The molecule has 1 aliphatic rings. The third kappa shape index (κ3) is 5.95. The van der Waals surface area contributed by atoms with E-state index in [1.807, 2.05) is 18.7 Å². The SMILES string of the molecule is CC1(C)CN(c2ccc(S(=O)(=O)NCC(O)CN)c(S(N)(=O)=O)c2-c2nn[nH]n2)CCN1CCO. The lowest BCUT2D eigenvalue weighted by Gasteiger charge is -2.48. The highest BCUT2D eigenvalue weighted by Crippen LogP contribution is 2.39. The molecule has 2 heterocycles. The second kappa shape index (κ2) is 10.4. The Hall–Kier alpha value is -2.25. The summed E-state index contributed by atoms with van der Waals surface area (Å²) in [5, 5.41) is 38.1. The van der Waals surface area contributed by atoms with Gasteiger partial charge in [-0.1, -0.05) is 0 Å². The zero-order chi connectivity index (χ0) is 26.0. The lowest BCUT2D eigenvalue weighted by molar-refractivity contribution is 0.0813. The molecule has 0 amide bonds. The van der Waals surface area contributed by atoms with Crippen molar-refractivity contribution in [1.29, 1.82) is 0 Å². The molecule has 0 saturated carbocycles. The second-order valence-corrected chi connectivity index (χ2v) is 12.0. The van der Waals surface area contributed by atoms with Crippen molar-refractivity contribution >= 4 is 25.7 Å². The van der Waals surface area contributed by atoms with Crippen molar-refractivity contribution in [3.63, 3.8) is 0 Å². The van der Waals surface area contributed by atoms with Crippen molar-refractivity contribution in [2.24, 2.45) is 10.9 Å². The van der Waals surface area contributed by atoms with Crippen molar-refractivity contribution in [3.05, 3.63) is 12.1 Å². The van der Waals surface area contributed by atoms with Crippen LogP contribution in [-0.4, -0.2) is 110 Å². The van der Waals surface area contributed by atoms with Gasteiger partial charge in [-0.05, 0) is 31.2 Å². The molecule has 1 saturated heterocycles. The molecule has 17 heteroatoms. The zero-order valence-corrected chi connectivity index (χ0v) is 21.0. The number of primary sulfonamides is 1. The van der Waals surface area contributed by atoms with Crippen LogP contribution in [-0.2, 0) is 20.0 Å². The van der Waals surface area contributed by atoms with Gasteiger partial charge in [0.05, 0.1) is 18.3 Å². The molecule has 1 aromatic carbocycles.